The van der Waals surface area contributed by atoms with Gasteiger partial charge in [-0.2, -0.15) is 13.2 Å². The number of hydrogen-bond donors (Lipinski definition) is 0. The second-order valence-electron chi connectivity index (χ2n) is 6.79. The lowest BCUT2D eigenvalue weighted by Crippen LogP contribution is -2.09. The van der Waals surface area contributed by atoms with Gasteiger partial charge in [-0.3, -0.25) is 4.98 Å². The molecular weight excluding hydrogens is 397 g/mol. The summed E-state index contributed by atoms with van der Waals surface area (Å²) in [5.41, 5.74) is 1.66. The predicted molar refractivity (Wildman–Crippen MR) is 114 cm³/mol. The van der Waals surface area contributed by atoms with Crippen LogP contribution in [-0.2, 0) is 6.18 Å². The molecule has 0 spiro atoms. The lowest BCUT2D eigenvalue weighted by atomic mass is 10.0. The third kappa shape index (κ3) is 3.97. The summed E-state index contributed by atoms with van der Waals surface area (Å²) < 4.78 is 42.9. The molecule has 2 aromatic carbocycles. The van der Waals surface area contributed by atoms with Crippen LogP contribution in [0, 0.1) is 6.92 Å². The molecule has 2 aromatic heterocycles. The zero-order valence-electron chi connectivity index (χ0n) is 16.5. The summed E-state index contributed by atoms with van der Waals surface area (Å²) in [4.78, 5) is 4.33. The van der Waals surface area contributed by atoms with E-state index in [1.165, 1.54) is 12.8 Å². The number of benzene rings is 2. The Morgan fingerprint density at radius 1 is 1.00 bits per heavy atom. The lowest BCUT2D eigenvalue weighted by molar-refractivity contribution is -0.136. The number of hydrogen-bond acceptors (Lipinski definition) is 1. The quantitative estimate of drug-likeness (QED) is 0.322. The van der Waals surface area contributed by atoms with E-state index in [1.54, 1.807) is 54.1 Å². The van der Waals surface area contributed by atoms with E-state index in [9.17, 15) is 13.2 Å². The second-order valence-corrected chi connectivity index (χ2v) is 7.20. The van der Waals surface area contributed by atoms with E-state index < -0.39 is 11.7 Å². The van der Waals surface area contributed by atoms with Crippen molar-refractivity contribution in [2.24, 2.45) is 0 Å². The van der Waals surface area contributed by atoms with Gasteiger partial charge in [-0.1, -0.05) is 56.5 Å². The van der Waals surface area contributed by atoms with Crippen molar-refractivity contribution >= 4 is 33.5 Å². The Kier molecular flexibility index (Phi) is 6.18. The van der Waals surface area contributed by atoms with Gasteiger partial charge in [0.1, 0.15) is 0 Å². The smallest absolute Gasteiger partial charge is 0.307 e. The second kappa shape index (κ2) is 8.46. The minimum Gasteiger partial charge on any atom is -0.307 e. The molecule has 0 saturated carbocycles. The first-order valence-electron chi connectivity index (χ1n) is 9.52. The van der Waals surface area contributed by atoms with Crippen LogP contribution in [0.25, 0.3) is 27.6 Å². The molecule has 0 atom stereocenters. The van der Waals surface area contributed by atoms with Crippen molar-refractivity contribution in [2.45, 2.75) is 39.8 Å². The summed E-state index contributed by atoms with van der Waals surface area (Å²) in [6.07, 6.45) is -0.318. The minimum absolute atomic E-state index is 0.0781. The van der Waals surface area contributed by atoms with Crippen LogP contribution in [0.15, 0.2) is 54.7 Å². The molecule has 4 rings (SSSR count). The van der Waals surface area contributed by atoms with Crippen molar-refractivity contribution in [1.82, 2.24) is 9.55 Å². The van der Waals surface area contributed by atoms with Gasteiger partial charge < -0.3 is 4.57 Å². The molecule has 4 aromatic rings. The Labute approximate surface area is 172 Å². The number of para-hydroxylation sites is 1. The molecule has 0 bridgehead atoms. The molecule has 0 radical (unpaired) electrons. The van der Waals surface area contributed by atoms with Crippen LogP contribution in [-0.4, -0.2) is 9.55 Å². The maximum atomic E-state index is 13.8. The summed E-state index contributed by atoms with van der Waals surface area (Å²) in [5, 5.41) is 0.511. The van der Waals surface area contributed by atoms with Gasteiger partial charge in [-0.05, 0) is 42.8 Å². The number of fused-ring (bicyclic) bond motifs is 3. The van der Waals surface area contributed by atoms with Gasteiger partial charge in [-0.15, -0.1) is 0 Å². The number of aryl methyl sites for hydroxylation is 1. The molecule has 2 heterocycles. The van der Waals surface area contributed by atoms with E-state index in [2.05, 4.69) is 18.8 Å². The van der Waals surface area contributed by atoms with Crippen LogP contribution in [0.3, 0.4) is 0 Å². The van der Waals surface area contributed by atoms with E-state index in [0.717, 1.165) is 6.07 Å². The predicted octanol–water partition coefficient (Wildman–Crippen LogP) is 7.97. The molecule has 6 heteroatoms. The van der Waals surface area contributed by atoms with E-state index in [4.69, 9.17) is 11.6 Å². The highest BCUT2D eigenvalue weighted by atomic mass is 35.5. The Morgan fingerprint density at radius 2 is 1.66 bits per heavy atom. The fraction of sp³-hybridized carbons (Fsp3) is 0.261. The first kappa shape index (κ1) is 21.2. The lowest BCUT2D eigenvalue weighted by Gasteiger charge is -2.15. The van der Waals surface area contributed by atoms with Crippen molar-refractivity contribution < 1.29 is 13.2 Å². The average molecular weight is 419 g/mol. The van der Waals surface area contributed by atoms with Crippen molar-refractivity contribution in [3.63, 3.8) is 0 Å². The maximum Gasteiger partial charge on any atom is 0.418 e. The van der Waals surface area contributed by atoms with Crippen molar-refractivity contribution in [2.75, 3.05) is 0 Å². The molecule has 152 valence electrons. The fourth-order valence-corrected chi connectivity index (χ4v) is 3.41. The van der Waals surface area contributed by atoms with Crippen LogP contribution in [0.2, 0.25) is 5.02 Å². The highest BCUT2D eigenvalue weighted by molar-refractivity contribution is 6.33. The number of alkyl halides is 3. The number of unbranched alkanes of at least 4 members (excludes halogenated alkanes) is 1. The van der Waals surface area contributed by atoms with Crippen molar-refractivity contribution in [3.05, 3.63) is 70.9 Å². The topological polar surface area (TPSA) is 17.8 Å². The molecule has 0 aliphatic heterocycles. The molecule has 2 nitrogen and oxygen atoms in total. The Bertz CT molecular complexity index is 1130. The summed E-state index contributed by atoms with van der Waals surface area (Å²) in [6, 6.07) is 13.4. The molecule has 0 unspecified atom stereocenters. The number of aromatic nitrogens is 2. The van der Waals surface area contributed by atoms with E-state index >= 15 is 0 Å². The summed E-state index contributed by atoms with van der Waals surface area (Å²) in [7, 11) is 0. The zero-order chi connectivity index (χ0) is 21.2. The SMILES string of the molecule is CCCC.Cc1c(Cl)cc(C(F)(F)F)c2c1c1ncccc1n2-c1ccccc1. The van der Waals surface area contributed by atoms with Gasteiger partial charge in [0, 0.05) is 22.3 Å². The summed E-state index contributed by atoms with van der Waals surface area (Å²) >= 11 is 6.12. The fourth-order valence-electron chi connectivity index (χ4n) is 3.21. The molecule has 29 heavy (non-hydrogen) atoms. The molecule has 0 amide bonds. The van der Waals surface area contributed by atoms with Gasteiger partial charge in [-0.25, -0.2) is 0 Å². The number of pyridine rings is 1. The Balaban J connectivity index is 0.000000552. The Morgan fingerprint density at radius 3 is 2.24 bits per heavy atom. The average Bonchev–Trinajstić information content (AvgIpc) is 3.06. The standard InChI is InChI=1S/C19H12ClF3N2.C4H10/c1-11-14(20)10-13(19(21,22)23)18-16(11)17-15(8-5-9-24-17)25(18)12-6-3-2-4-7-12;1-3-4-2/h2-10H,1H3;3-4H2,1-2H3. The van der Waals surface area contributed by atoms with Gasteiger partial charge in [0.2, 0.25) is 0 Å². The van der Waals surface area contributed by atoms with E-state index in [1.807, 2.05) is 6.07 Å². The van der Waals surface area contributed by atoms with Crippen LogP contribution in [0.4, 0.5) is 13.2 Å². The van der Waals surface area contributed by atoms with Crippen LogP contribution < -0.4 is 0 Å². The number of halogens is 4. The van der Waals surface area contributed by atoms with Gasteiger partial charge in [0.25, 0.3) is 0 Å². The minimum atomic E-state index is -4.53. The number of rotatable bonds is 2. The zero-order valence-corrected chi connectivity index (χ0v) is 17.3. The van der Waals surface area contributed by atoms with Crippen molar-refractivity contribution in [3.8, 4) is 5.69 Å². The highest BCUT2D eigenvalue weighted by Crippen LogP contribution is 2.43. The third-order valence-electron chi connectivity index (χ3n) is 4.80. The first-order chi connectivity index (χ1) is 13.8. The van der Waals surface area contributed by atoms with E-state index in [-0.39, 0.29) is 10.5 Å². The van der Waals surface area contributed by atoms with Crippen LogP contribution >= 0.6 is 11.6 Å². The van der Waals surface area contributed by atoms with Gasteiger partial charge in [0.05, 0.1) is 22.1 Å². The molecule has 0 aliphatic carbocycles. The summed E-state index contributed by atoms with van der Waals surface area (Å²) in [5.74, 6) is 0. The number of nitrogens with zero attached hydrogens (tertiary/aromatic N) is 2. The highest BCUT2D eigenvalue weighted by Gasteiger charge is 2.36. The monoisotopic (exact) mass is 418 g/mol. The molecule has 0 fully saturated rings. The van der Waals surface area contributed by atoms with Gasteiger partial charge >= 0.3 is 6.18 Å². The molecule has 0 saturated heterocycles. The van der Waals surface area contributed by atoms with Gasteiger partial charge in [0.15, 0.2) is 0 Å². The van der Waals surface area contributed by atoms with Crippen molar-refractivity contribution in [1.29, 1.82) is 0 Å². The molecule has 0 aliphatic rings. The third-order valence-corrected chi connectivity index (χ3v) is 5.20. The molecule has 0 N–H and O–H groups in total. The molecular formula is C23H22ClF3N2. The van der Waals surface area contributed by atoms with Crippen LogP contribution in [0.5, 0.6) is 0 Å². The van der Waals surface area contributed by atoms with E-state index in [0.29, 0.717) is 27.7 Å². The largest absolute Gasteiger partial charge is 0.418 e. The summed E-state index contributed by atoms with van der Waals surface area (Å²) in [6.45, 7) is 6.08. The van der Waals surface area contributed by atoms with Crippen LogP contribution in [0.1, 0.15) is 37.8 Å². The normalized spacial score (nSPS) is 11.6. The first-order valence-corrected chi connectivity index (χ1v) is 9.89. The maximum absolute atomic E-state index is 13.8. The Hall–Kier alpha value is -2.53.